The molecule has 16 heavy (non-hydrogen) atoms. The average molecular weight is 222 g/mol. The fraction of sp³-hybridized carbons (Fsp3) is 0.750. The van der Waals surface area contributed by atoms with E-state index in [0.717, 1.165) is 6.54 Å². The van der Waals surface area contributed by atoms with Gasteiger partial charge >= 0.3 is 0 Å². The third kappa shape index (κ3) is 3.32. The molecule has 0 radical (unpaired) electrons. The molecule has 2 rings (SSSR count). The molecule has 0 aliphatic carbocycles. The fourth-order valence-corrected chi connectivity index (χ4v) is 2.31. The molecule has 1 aliphatic rings. The Balaban J connectivity index is 1.73. The van der Waals surface area contributed by atoms with Gasteiger partial charge in [0, 0.05) is 24.3 Å². The number of hydrogen-bond donors (Lipinski definition) is 2. The smallest absolute Gasteiger partial charge is 0.0532 e. The van der Waals surface area contributed by atoms with Crippen molar-refractivity contribution < 1.29 is 0 Å². The van der Waals surface area contributed by atoms with Crippen molar-refractivity contribution in [2.45, 2.75) is 38.8 Å². The van der Waals surface area contributed by atoms with Gasteiger partial charge in [-0.1, -0.05) is 6.92 Å². The van der Waals surface area contributed by atoms with Crippen molar-refractivity contribution in [3.63, 3.8) is 0 Å². The van der Waals surface area contributed by atoms with Crippen molar-refractivity contribution in [2.75, 3.05) is 19.6 Å². The van der Waals surface area contributed by atoms with Gasteiger partial charge in [0.1, 0.15) is 0 Å². The molecule has 2 N–H and O–H groups in total. The van der Waals surface area contributed by atoms with Gasteiger partial charge in [0.25, 0.3) is 0 Å². The van der Waals surface area contributed by atoms with Gasteiger partial charge in [0.15, 0.2) is 0 Å². The lowest BCUT2D eigenvalue weighted by molar-refractivity contribution is 0.297. The van der Waals surface area contributed by atoms with E-state index in [1.165, 1.54) is 44.5 Å². The van der Waals surface area contributed by atoms with Gasteiger partial charge in [-0.25, -0.2) is 0 Å². The third-order valence-corrected chi connectivity index (χ3v) is 3.42. The lowest BCUT2D eigenvalue weighted by atomic mass is 10.1. The summed E-state index contributed by atoms with van der Waals surface area (Å²) in [4.78, 5) is 2.54. The Bertz CT molecular complexity index is 283. The molecule has 4 heteroatoms. The highest BCUT2D eigenvalue weighted by molar-refractivity contribution is 5.01. The normalized spacial score (nSPS) is 23.2. The van der Waals surface area contributed by atoms with Crippen molar-refractivity contribution in [2.24, 2.45) is 0 Å². The number of aromatic nitrogens is 2. The average Bonchev–Trinajstić information content (AvgIpc) is 2.72. The molecular formula is C12H22N4. The molecule has 1 aliphatic heterocycles. The molecule has 1 aromatic heterocycles. The van der Waals surface area contributed by atoms with Crippen LogP contribution in [0.5, 0.6) is 0 Å². The van der Waals surface area contributed by atoms with Gasteiger partial charge in [0.2, 0.25) is 0 Å². The lowest BCUT2D eigenvalue weighted by Gasteiger charge is -2.18. The van der Waals surface area contributed by atoms with Crippen molar-refractivity contribution >= 4 is 0 Å². The van der Waals surface area contributed by atoms with Gasteiger partial charge in [0.05, 0.1) is 6.20 Å². The van der Waals surface area contributed by atoms with Gasteiger partial charge in [-0.05, 0) is 38.9 Å². The van der Waals surface area contributed by atoms with Gasteiger partial charge in [-0.3, -0.25) is 5.10 Å². The van der Waals surface area contributed by atoms with Crippen LogP contribution in [0.25, 0.3) is 0 Å². The maximum atomic E-state index is 3.96. The zero-order chi connectivity index (χ0) is 11.2. The highest BCUT2D eigenvalue weighted by Crippen LogP contribution is 2.11. The Morgan fingerprint density at radius 3 is 3.19 bits per heavy atom. The van der Waals surface area contributed by atoms with Crippen LogP contribution in [0.3, 0.4) is 0 Å². The molecule has 0 bridgehead atoms. The van der Waals surface area contributed by atoms with Crippen molar-refractivity contribution in [1.82, 2.24) is 20.4 Å². The summed E-state index contributed by atoms with van der Waals surface area (Å²) < 4.78 is 0. The summed E-state index contributed by atoms with van der Waals surface area (Å²) in [5.41, 5.74) is 1.25. The van der Waals surface area contributed by atoms with Gasteiger partial charge < -0.3 is 10.2 Å². The van der Waals surface area contributed by atoms with Crippen LogP contribution in [0.4, 0.5) is 0 Å². The fourth-order valence-electron chi connectivity index (χ4n) is 2.31. The second-order valence-corrected chi connectivity index (χ2v) is 4.55. The largest absolute Gasteiger partial charge is 0.310 e. The first-order valence-electron chi connectivity index (χ1n) is 6.32. The number of rotatable bonds is 4. The minimum Gasteiger partial charge on any atom is -0.310 e. The van der Waals surface area contributed by atoms with E-state index in [-0.39, 0.29) is 0 Å². The Morgan fingerprint density at radius 2 is 2.44 bits per heavy atom. The number of nitrogens with zero attached hydrogens (tertiary/aromatic N) is 2. The topological polar surface area (TPSA) is 44.0 Å². The maximum absolute atomic E-state index is 3.96. The number of H-pyrrole nitrogens is 1. The number of likely N-dealkylation sites (tertiary alicyclic amines) is 1. The van der Waals surface area contributed by atoms with E-state index in [1.807, 2.05) is 12.4 Å². The highest BCUT2D eigenvalue weighted by Gasteiger charge is 2.15. The molecule has 0 amide bonds. The summed E-state index contributed by atoms with van der Waals surface area (Å²) in [5, 5.41) is 10.4. The first-order chi connectivity index (χ1) is 7.88. The Labute approximate surface area is 97.4 Å². The van der Waals surface area contributed by atoms with Gasteiger partial charge in [-0.2, -0.15) is 5.10 Å². The second kappa shape index (κ2) is 6.01. The van der Waals surface area contributed by atoms with E-state index >= 15 is 0 Å². The van der Waals surface area contributed by atoms with Crippen LogP contribution in [0.15, 0.2) is 12.4 Å². The van der Waals surface area contributed by atoms with Crippen LogP contribution in [-0.2, 0) is 6.54 Å². The van der Waals surface area contributed by atoms with E-state index in [0.29, 0.717) is 6.04 Å². The van der Waals surface area contributed by atoms with Crippen LogP contribution in [0.1, 0.15) is 31.7 Å². The van der Waals surface area contributed by atoms with E-state index in [2.05, 4.69) is 27.3 Å². The van der Waals surface area contributed by atoms with Gasteiger partial charge in [-0.15, -0.1) is 0 Å². The lowest BCUT2D eigenvalue weighted by Crippen LogP contribution is -2.30. The Kier molecular flexibility index (Phi) is 4.36. The van der Waals surface area contributed by atoms with Crippen LogP contribution >= 0.6 is 0 Å². The summed E-state index contributed by atoms with van der Waals surface area (Å²) in [6.07, 6.45) is 7.74. The van der Waals surface area contributed by atoms with Crippen LogP contribution in [0, 0.1) is 0 Å². The molecule has 0 aromatic carbocycles. The molecule has 0 spiro atoms. The van der Waals surface area contributed by atoms with E-state index < -0.39 is 0 Å². The van der Waals surface area contributed by atoms with E-state index in [4.69, 9.17) is 0 Å². The monoisotopic (exact) mass is 222 g/mol. The summed E-state index contributed by atoms with van der Waals surface area (Å²) in [7, 11) is 0. The van der Waals surface area contributed by atoms with E-state index in [9.17, 15) is 0 Å². The summed E-state index contributed by atoms with van der Waals surface area (Å²) in [5.74, 6) is 0. The van der Waals surface area contributed by atoms with Crippen LogP contribution in [0.2, 0.25) is 0 Å². The Hall–Kier alpha value is -0.870. The molecule has 1 atom stereocenters. The predicted molar refractivity (Wildman–Crippen MR) is 65.2 cm³/mol. The highest BCUT2D eigenvalue weighted by atomic mass is 15.1. The molecule has 1 fully saturated rings. The first kappa shape index (κ1) is 11.6. The maximum Gasteiger partial charge on any atom is 0.0532 e. The molecule has 0 saturated carbocycles. The van der Waals surface area contributed by atoms with Crippen LogP contribution in [-0.4, -0.2) is 40.8 Å². The van der Waals surface area contributed by atoms with Crippen molar-refractivity contribution in [1.29, 1.82) is 0 Å². The minimum absolute atomic E-state index is 0.673. The molecular weight excluding hydrogens is 200 g/mol. The second-order valence-electron chi connectivity index (χ2n) is 4.55. The number of nitrogens with one attached hydrogen (secondary N) is 2. The predicted octanol–water partition coefficient (Wildman–Crippen LogP) is 1.37. The van der Waals surface area contributed by atoms with E-state index in [1.54, 1.807) is 0 Å². The third-order valence-electron chi connectivity index (χ3n) is 3.42. The quantitative estimate of drug-likeness (QED) is 0.809. The van der Waals surface area contributed by atoms with Crippen LogP contribution < -0.4 is 5.32 Å². The summed E-state index contributed by atoms with van der Waals surface area (Å²) in [6, 6.07) is 0.673. The minimum atomic E-state index is 0.673. The standard InChI is InChI=1S/C12H22N4/c1-2-16-6-3-4-12(5-7-16)13-8-11-9-14-15-10-11/h9-10,12-13H,2-8H2,1H3,(H,14,15). The molecule has 1 unspecified atom stereocenters. The zero-order valence-corrected chi connectivity index (χ0v) is 10.1. The summed E-state index contributed by atoms with van der Waals surface area (Å²) in [6.45, 7) is 6.88. The molecule has 1 saturated heterocycles. The zero-order valence-electron chi connectivity index (χ0n) is 10.1. The Morgan fingerprint density at radius 1 is 1.50 bits per heavy atom. The van der Waals surface area contributed by atoms with Crippen molar-refractivity contribution in [3.05, 3.63) is 18.0 Å². The van der Waals surface area contributed by atoms with Crippen molar-refractivity contribution in [3.8, 4) is 0 Å². The molecule has 90 valence electrons. The first-order valence-corrected chi connectivity index (χ1v) is 6.32. The number of hydrogen-bond acceptors (Lipinski definition) is 3. The number of aromatic amines is 1. The molecule has 4 nitrogen and oxygen atoms in total. The summed E-state index contributed by atoms with van der Waals surface area (Å²) >= 11 is 0. The molecule has 2 heterocycles. The SMILES string of the molecule is CCN1CCCC(NCc2cn[nH]c2)CC1. The molecule has 1 aromatic rings.